The van der Waals surface area contributed by atoms with Gasteiger partial charge in [-0.2, -0.15) is 9.40 Å². The Morgan fingerprint density at radius 1 is 1.39 bits per heavy atom. The number of aryl methyl sites for hydroxylation is 2. The van der Waals surface area contributed by atoms with Crippen LogP contribution in [0.3, 0.4) is 0 Å². The van der Waals surface area contributed by atoms with Gasteiger partial charge in [0.1, 0.15) is 0 Å². The summed E-state index contributed by atoms with van der Waals surface area (Å²) < 4.78 is 27.9. The molecule has 1 saturated heterocycles. The van der Waals surface area contributed by atoms with Crippen molar-refractivity contribution in [1.29, 1.82) is 0 Å². The number of nitrogens with one attached hydrogen (secondary N) is 1. The van der Waals surface area contributed by atoms with Crippen LogP contribution < -0.4 is 5.32 Å². The summed E-state index contributed by atoms with van der Waals surface area (Å²) in [5.74, 6) is 0. The summed E-state index contributed by atoms with van der Waals surface area (Å²) in [7, 11) is -3.39. The highest BCUT2D eigenvalue weighted by Crippen LogP contribution is 2.17. The highest BCUT2D eigenvalue weighted by molar-refractivity contribution is 7.89. The number of sulfonamides is 1. The van der Waals surface area contributed by atoms with Crippen LogP contribution in [-0.4, -0.2) is 48.7 Å². The smallest absolute Gasteiger partial charge is 0.260 e. The Morgan fingerprint density at radius 3 is 2.56 bits per heavy atom. The van der Waals surface area contributed by atoms with E-state index in [2.05, 4.69) is 10.4 Å². The van der Waals surface area contributed by atoms with E-state index in [1.165, 1.54) is 4.31 Å². The van der Waals surface area contributed by atoms with Crippen molar-refractivity contribution in [1.82, 2.24) is 19.4 Å². The Balaban J connectivity index is 0.00000162. The number of halogens is 1. The lowest BCUT2D eigenvalue weighted by Gasteiger charge is -2.26. The zero-order chi connectivity index (χ0) is 12.5. The molecule has 0 bridgehead atoms. The minimum atomic E-state index is -3.39. The molecule has 0 unspecified atom stereocenters. The minimum Gasteiger partial charge on any atom is -0.314 e. The van der Waals surface area contributed by atoms with Gasteiger partial charge in [-0.3, -0.25) is 4.68 Å². The van der Waals surface area contributed by atoms with Gasteiger partial charge in [-0.15, -0.1) is 12.4 Å². The summed E-state index contributed by atoms with van der Waals surface area (Å²) >= 11 is 0. The highest BCUT2D eigenvalue weighted by atomic mass is 35.5. The number of nitrogens with zero attached hydrogens (tertiary/aromatic N) is 3. The summed E-state index contributed by atoms with van der Waals surface area (Å²) in [4.78, 5) is 0. The Morgan fingerprint density at radius 2 is 2.00 bits per heavy atom. The van der Waals surface area contributed by atoms with Gasteiger partial charge in [0.05, 0.1) is 5.69 Å². The fourth-order valence-electron chi connectivity index (χ4n) is 1.97. The van der Waals surface area contributed by atoms with Crippen LogP contribution in [0.5, 0.6) is 0 Å². The van der Waals surface area contributed by atoms with Gasteiger partial charge in [-0.25, -0.2) is 8.42 Å². The zero-order valence-electron chi connectivity index (χ0n) is 10.6. The van der Waals surface area contributed by atoms with Crippen LogP contribution in [-0.2, 0) is 16.6 Å². The summed E-state index contributed by atoms with van der Waals surface area (Å²) in [6.45, 7) is 6.73. The van der Waals surface area contributed by atoms with Crippen molar-refractivity contribution in [2.24, 2.45) is 0 Å². The first-order valence-electron chi connectivity index (χ1n) is 5.81. The second-order valence-electron chi connectivity index (χ2n) is 4.09. The van der Waals surface area contributed by atoms with E-state index in [4.69, 9.17) is 0 Å². The lowest BCUT2D eigenvalue weighted by atomic mass is 10.4. The average Bonchev–Trinajstić information content (AvgIpc) is 2.72. The van der Waals surface area contributed by atoms with Gasteiger partial charge in [0.2, 0.25) is 0 Å². The Labute approximate surface area is 114 Å². The van der Waals surface area contributed by atoms with Crippen molar-refractivity contribution in [2.75, 3.05) is 26.2 Å². The SMILES string of the molecule is CCn1nc(C)cc1S(=O)(=O)N1CCNCC1.Cl. The van der Waals surface area contributed by atoms with Crippen molar-refractivity contribution in [3.8, 4) is 0 Å². The van der Waals surface area contributed by atoms with Crippen LogP contribution in [0.15, 0.2) is 11.1 Å². The van der Waals surface area contributed by atoms with E-state index in [0.29, 0.717) is 37.7 Å². The Kier molecular flexibility index (Phi) is 5.15. The summed E-state index contributed by atoms with van der Waals surface area (Å²) in [5.41, 5.74) is 0.737. The van der Waals surface area contributed by atoms with Crippen LogP contribution in [0.1, 0.15) is 12.6 Å². The minimum absolute atomic E-state index is 0. The number of aromatic nitrogens is 2. The Bertz CT molecular complexity index is 494. The third-order valence-corrected chi connectivity index (χ3v) is 4.75. The second-order valence-corrected chi connectivity index (χ2v) is 5.98. The quantitative estimate of drug-likeness (QED) is 0.866. The normalized spacial score (nSPS) is 17.4. The molecule has 104 valence electrons. The van der Waals surface area contributed by atoms with E-state index in [-0.39, 0.29) is 12.4 Å². The highest BCUT2D eigenvalue weighted by Gasteiger charge is 2.29. The van der Waals surface area contributed by atoms with Crippen molar-refractivity contribution >= 4 is 22.4 Å². The molecule has 0 saturated carbocycles. The lowest BCUT2D eigenvalue weighted by Crippen LogP contribution is -2.46. The molecule has 8 heteroatoms. The molecule has 1 aromatic heterocycles. The molecule has 0 amide bonds. The molecular weight excluding hydrogens is 276 g/mol. The molecule has 1 aliphatic rings. The largest absolute Gasteiger partial charge is 0.314 e. The molecule has 0 aromatic carbocycles. The monoisotopic (exact) mass is 294 g/mol. The first kappa shape index (κ1) is 15.4. The maximum Gasteiger partial charge on any atom is 0.260 e. The number of hydrogen-bond acceptors (Lipinski definition) is 4. The van der Waals surface area contributed by atoms with Gasteiger partial charge in [0.15, 0.2) is 5.03 Å². The predicted molar refractivity (Wildman–Crippen MR) is 71.5 cm³/mol. The van der Waals surface area contributed by atoms with Crippen LogP contribution in [0.25, 0.3) is 0 Å². The average molecular weight is 295 g/mol. The number of piperazine rings is 1. The van der Waals surface area contributed by atoms with Crippen molar-refractivity contribution in [3.63, 3.8) is 0 Å². The molecule has 2 rings (SSSR count). The standard InChI is InChI=1S/C10H18N4O2S.ClH/c1-3-14-10(8-9(2)12-14)17(15,16)13-6-4-11-5-7-13;/h8,11H,3-7H2,1-2H3;1H. The third kappa shape index (κ3) is 2.85. The van der Waals surface area contributed by atoms with Gasteiger partial charge in [-0.05, 0) is 19.9 Å². The molecule has 1 fully saturated rings. The van der Waals surface area contributed by atoms with E-state index in [1.54, 1.807) is 10.7 Å². The maximum atomic E-state index is 12.4. The van der Waals surface area contributed by atoms with Gasteiger partial charge in [-0.1, -0.05) is 0 Å². The van der Waals surface area contributed by atoms with E-state index >= 15 is 0 Å². The van der Waals surface area contributed by atoms with Gasteiger partial charge < -0.3 is 5.32 Å². The second kappa shape index (κ2) is 6.01. The van der Waals surface area contributed by atoms with Crippen molar-refractivity contribution in [3.05, 3.63) is 11.8 Å². The predicted octanol–water partition coefficient (Wildman–Crippen LogP) is 0.227. The molecule has 1 aliphatic heterocycles. The molecule has 0 radical (unpaired) electrons. The zero-order valence-corrected chi connectivity index (χ0v) is 12.2. The molecule has 1 N–H and O–H groups in total. The Hall–Kier alpha value is -0.630. The molecular formula is C10H19ClN4O2S. The van der Waals surface area contributed by atoms with E-state index < -0.39 is 10.0 Å². The molecule has 18 heavy (non-hydrogen) atoms. The maximum absolute atomic E-state index is 12.4. The van der Waals surface area contributed by atoms with Crippen LogP contribution in [0.2, 0.25) is 0 Å². The number of rotatable bonds is 3. The molecule has 1 aromatic rings. The molecule has 2 heterocycles. The van der Waals surface area contributed by atoms with Crippen LogP contribution >= 0.6 is 12.4 Å². The van der Waals surface area contributed by atoms with Crippen LogP contribution in [0, 0.1) is 6.92 Å². The van der Waals surface area contributed by atoms with Gasteiger partial charge in [0, 0.05) is 32.7 Å². The molecule has 0 atom stereocenters. The van der Waals surface area contributed by atoms with Crippen LogP contribution in [0.4, 0.5) is 0 Å². The van der Waals surface area contributed by atoms with Crippen molar-refractivity contribution < 1.29 is 8.42 Å². The van der Waals surface area contributed by atoms with Gasteiger partial charge in [0.25, 0.3) is 10.0 Å². The van der Waals surface area contributed by atoms with E-state index in [0.717, 1.165) is 5.69 Å². The first-order chi connectivity index (χ1) is 8.05. The lowest BCUT2D eigenvalue weighted by molar-refractivity contribution is 0.356. The molecule has 0 aliphatic carbocycles. The number of hydrogen-bond donors (Lipinski definition) is 1. The molecule has 0 spiro atoms. The summed E-state index contributed by atoms with van der Waals surface area (Å²) in [6.07, 6.45) is 0. The molecule has 6 nitrogen and oxygen atoms in total. The van der Waals surface area contributed by atoms with Crippen molar-refractivity contribution in [2.45, 2.75) is 25.4 Å². The summed E-state index contributed by atoms with van der Waals surface area (Å²) in [5, 5.41) is 7.63. The van der Waals surface area contributed by atoms with E-state index in [1.807, 2.05) is 13.8 Å². The topological polar surface area (TPSA) is 67.2 Å². The first-order valence-corrected chi connectivity index (χ1v) is 7.25. The summed E-state index contributed by atoms with van der Waals surface area (Å²) in [6, 6.07) is 1.64. The fourth-order valence-corrected chi connectivity index (χ4v) is 3.66. The fraction of sp³-hybridized carbons (Fsp3) is 0.700. The third-order valence-electron chi connectivity index (χ3n) is 2.84. The van der Waals surface area contributed by atoms with E-state index in [9.17, 15) is 8.42 Å². The van der Waals surface area contributed by atoms with Gasteiger partial charge >= 0.3 is 0 Å².